The molecular formula is C15H22O. The highest BCUT2D eigenvalue weighted by Crippen LogP contribution is 2.28. The van der Waals surface area contributed by atoms with Gasteiger partial charge in [-0.3, -0.25) is 0 Å². The van der Waals surface area contributed by atoms with Crippen molar-refractivity contribution >= 4 is 0 Å². The molecule has 0 atom stereocenters. The highest BCUT2D eigenvalue weighted by molar-refractivity contribution is 5.13. The first-order valence-electron chi connectivity index (χ1n) is 6.46. The van der Waals surface area contributed by atoms with Crippen LogP contribution in [0, 0.1) is 11.8 Å². The summed E-state index contributed by atoms with van der Waals surface area (Å²) in [6.45, 7) is 4.08. The summed E-state index contributed by atoms with van der Waals surface area (Å²) >= 11 is 0. The predicted octanol–water partition coefficient (Wildman–Crippen LogP) is 4.03. The summed E-state index contributed by atoms with van der Waals surface area (Å²) in [4.78, 5) is 0. The predicted molar refractivity (Wildman–Crippen MR) is 67.2 cm³/mol. The molecule has 0 heterocycles. The van der Waals surface area contributed by atoms with E-state index in [9.17, 15) is 0 Å². The maximum atomic E-state index is 5.79. The molecular weight excluding hydrogens is 196 g/mol. The zero-order valence-electron chi connectivity index (χ0n) is 10.2. The van der Waals surface area contributed by atoms with Gasteiger partial charge in [0.25, 0.3) is 0 Å². The van der Waals surface area contributed by atoms with Gasteiger partial charge in [0.2, 0.25) is 0 Å². The highest BCUT2D eigenvalue weighted by atomic mass is 16.5. The summed E-state index contributed by atoms with van der Waals surface area (Å²) < 4.78 is 5.79. The van der Waals surface area contributed by atoms with Crippen molar-refractivity contribution in [2.75, 3.05) is 6.61 Å². The van der Waals surface area contributed by atoms with Crippen LogP contribution < -0.4 is 0 Å². The monoisotopic (exact) mass is 218 g/mol. The summed E-state index contributed by atoms with van der Waals surface area (Å²) in [6, 6.07) is 10.4. The first-order valence-corrected chi connectivity index (χ1v) is 6.46. The zero-order valence-corrected chi connectivity index (χ0v) is 10.2. The molecule has 0 N–H and O–H groups in total. The van der Waals surface area contributed by atoms with Crippen molar-refractivity contribution in [1.29, 1.82) is 0 Å². The van der Waals surface area contributed by atoms with Crippen LogP contribution in [0.5, 0.6) is 0 Å². The van der Waals surface area contributed by atoms with Gasteiger partial charge < -0.3 is 4.74 Å². The van der Waals surface area contributed by atoms with Crippen LogP contribution in [0.4, 0.5) is 0 Å². The van der Waals surface area contributed by atoms with Crippen LogP contribution in [-0.4, -0.2) is 6.61 Å². The Bertz CT molecular complexity index is 286. The van der Waals surface area contributed by atoms with Gasteiger partial charge in [0.15, 0.2) is 0 Å². The standard InChI is InChI=1S/C15H22O/c1-13-7-9-15(10-8-13)12-16-11-14-5-3-2-4-6-14/h2-6,13,15H,7-12H2,1H3. The summed E-state index contributed by atoms with van der Waals surface area (Å²) in [5, 5.41) is 0. The Kier molecular flexibility index (Phi) is 4.41. The Balaban J connectivity index is 1.65. The minimum absolute atomic E-state index is 0.771. The van der Waals surface area contributed by atoms with Gasteiger partial charge in [-0.25, -0.2) is 0 Å². The van der Waals surface area contributed by atoms with Crippen LogP contribution in [0.25, 0.3) is 0 Å². The van der Waals surface area contributed by atoms with Gasteiger partial charge in [-0.1, -0.05) is 50.1 Å². The summed E-state index contributed by atoms with van der Waals surface area (Å²) in [7, 11) is 0. The molecule has 0 aliphatic heterocycles. The zero-order chi connectivity index (χ0) is 11.2. The van der Waals surface area contributed by atoms with Crippen LogP contribution in [0.2, 0.25) is 0 Å². The lowest BCUT2D eigenvalue weighted by Gasteiger charge is -2.25. The maximum Gasteiger partial charge on any atom is 0.0717 e. The molecule has 88 valence electrons. The Morgan fingerprint density at radius 2 is 1.75 bits per heavy atom. The quantitative estimate of drug-likeness (QED) is 0.741. The number of hydrogen-bond donors (Lipinski definition) is 0. The molecule has 0 radical (unpaired) electrons. The fourth-order valence-electron chi connectivity index (χ4n) is 2.41. The largest absolute Gasteiger partial charge is 0.376 e. The normalized spacial score (nSPS) is 25.6. The summed E-state index contributed by atoms with van der Waals surface area (Å²) in [5.41, 5.74) is 1.28. The van der Waals surface area contributed by atoms with E-state index in [1.54, 1.807) is 0 Å². The van der Waals surface area contributed by atoms with Crippen molar-refractivity contribution in [2.24, 2.45) is 11.8 Å². The lowest BCUT2D eigenvalue weighted by Crippen LogP contribution is -2.17. The fourth-order valence-corrected chi connectivity index (χ4v) is 2.41. The topological polar surface area (TPSA) is 9.23 Å². The number of rotatable bonds is 4. The van der Waals surface area contributed by atoms with Gasteiger partial charge in [0.05, 0.1) is 6.61 Å². The molecule has 0 saturated heterocycles. The van der Waals surface area contributed by atoms with Crippen molar-refractivity contribution in [2.45, 2.75) is 39.2 Å². The summed E-state index contributed by atoms with van der Waals surface area (Å²) in [5.74, 6) is 1.74. The molecule has 1 heteroatoms. The lowest BCUT2D eigenvalue weighted by atomic mass is 9.83. The van der Waals surface area contributed by atoms with Crippen LogP contribution >= 0.6 is 0 Å². The second kappa shape index (κ2) is 6.05. The van der Waals surface area contributed by atoms with Gasteiger partial charge in [0, 0.05) is 6.61 Å². The molecule has 1 fully saturated rings. The molecule has 1 aliphatic carbocycles. The molecule has 0 bridgehead atoms. The average molecular weight is 218 g/mol. The average Bonchev–Trinajstić information content (AvgIpc) is 2.33. The van der Waals surface area contributed by atoms with E-state index in [2.05, 4.69) is 31.2 Å². The molecule has 0 amide bonds. The van der Waals surface area contributed by atoms with E-state index < -0.39 is 0 Å². The molecule has 1 nitrogen and oxygen atoms in total. The van der Waals surface area contributed by atoms with Crippen LogP contribution in [0.3, 0.4) is 0 Å². The molecule has 1 aliphatic rings. The van der Waals surface area contributed by atoms with E-state index in [0.717, 1.165) is 25.0 Å². The maximum absolute atomic E-state index is 5.79. The minimum atomic E-state index is 0.771. The third-order valence-corrected chi connectivity index (χ3v) is 3.60. The smallest absolute Gasteiger partial charge is 0.0717 e. The van der Waals surface area contributed by atoms with E-state index in [1.165, 1.54) is 31.2 Å². The number of ether oxygens (including phenoxy) is 1. The van der Waals surface area contributed by atoms with Crippen molar-refractivity contribution < 1.29 is 4.74 Å². The van der Waals surface area contributed by atoms with Gasteiger partial charge in [-0.05, 0) is 30.2 Å². The van der Waals surface area contributed by atoms with E-state index >= 15 is 0 Å². The van der Waals surface area contributed by atoms with Crippen LogP contribution in [-0.2, 0) is 11.3 Å². The molecule has 0 unspecified atom stereocenters. The van der Waals surface area contributed by atoms with Crippen LogP contribution in [0.1, 0.15) is 38.2 Å². The number of benzene rings is 1. The lowest BCUT2D eigenvalue weighted by molar-refractivity contribution is 0.0684. The Labute approximate surface area is 98.8 Å². The first-order chi connectivity index (χ1) is 7.84. The minimum Gasteiger partial charge on any atom is -0.376 e. The third-order valence-electron chi connectivity index (χ3n) is 3.60. The van der Waals surface area contributed by atoms with Gasteiger partial charge in [-0.15, -0.1) is 0 Å². The van der Waals surface area contributed by atoms with Crippen LogP contribution in [0.15, 0.2) is 30.3 Å². The molecule has 0 spiro atoms. The number of hydrogen-bond acceptors (Lipinski definition) is 1. The highest BCUT2D eigenvalue weighted by Gasteiger charge is 2.17. The third kappa shape index (κ3) is 3.64. The van der Waals surface area contributed by atoms with Crippen molar-refractivity contribution in [3.63, 3.8) is 0 Å². The van der Waals surface area contributed by atoms with E-state index in [0.29, 0.717) is 0 Å². The Morgan fingerprint density at radius 1 is 1.06 bits per heavy atom. The second-order valence-electron chi connectivity index (χ2n) is 5.13. The SMILES string of the molecule is CC1CCC(COCc2ccccc2)CC1. The van der Waals surface area contributed by atoms with Gasteiger partial charge in [0.1, 0.15) is 0 Å². The van der Waals surface area contributed by atoms with Gasteiger partial charge >= 0.3 is 0 Å². The van der Waals surface area contributed by atoms with E-state index in [4.69, 9.17) is 4.74 Å². The first kappa shape index (κ1) is 11.7. The Morgan fingerprint density at radius 3 is 2.44 bits per heavy atom. The van der Waals surface area contributed by atoms with Crippen molar-refractivity contribution in [3.8, 4) is 0 Å². The van der Waals surface area contributed by atoms with Crippen molar-refractivity contribution in [1.82, 2.24) is 0 Å². The molecule has 1 saturated carbocycles. The molecule has 0 aromatic heterocycles. The van der Waals surface area contributed by atoms with E-state index in [-0.39, 0.29) is 0 Å². The molecule has 1 aromatic carbocycles. The molecule has 1 aromatic rings. The summed E-state index contributed by atoms with van der Waals surface area (Å²) in [6.07, 6.45) is 5.49. The van der Waals surface area contributed by atoms with Crippen molar-refractivity contribution in [3.05, 3.63) is 35.9 Å². The van der Waals surface area contributed by atoms with E-state index in [1.807, 2.05) is 6.07 Å². The molecule has 16 heavy (non-hydrogen) atoms. The van der Waals surface area contributed by atoms with Gasteiger partial charge in [-0.2, -0.15) is 0 Å². The fraction of sp³-hybridized carbons (Fsp3) is 0.600. The second-order valence-corrected chi connectivity index (χ2v) is 5.13. The Hall–Kier alpha value is -0.820. The molecule has 2 rings (SSSR count).